The first-order chi connectivity index (χ1) is 11.8. The lowest BCUT2D eigenvalue weighted by Crippen LogP contribution is -1.97. The van der Waals surface area contributed by atoms with Gasteiger partial charge in [-0.3, -0.25) is 14.9 Å². The van der Waals surface area contributed by atoms with Crippen LogP contribution in [0.3, 0.4) is 0 Å². The molecule has 0 heterocycles. The highest BCUT2D eigenvalue weighted by Crippen LogP contribution is 1.98. The zero-order chi connectivity index (χ0) is 17.7. The number of hydrogen-bond acceptors (Lipinski definition) is 3. The number of nitro groups is 1. The van der Waals surface area contributed by atoms with E-state index >= 15 is 0 Å². The first-order valence-corrected chi connectivity index (χ1v) is 8.49. The maximum Gasteiger partial charge on any atom is 0.207 e. The van der Waals surface area contributed by atoms with Crippen LogP contribution in [0.4, 0.5) is 0 Å². The van der Waals surface area contributed by atoms with Gasteiger partial charge < -0.3 is 0 Å². The molecule has 0 saturated carbocycles. The predicted octanol–water partition coefficient (Wildman–Crippen LogP) is 5.27. The van der Waals surface area contributed by atoms with E-state index in [1.165, 1.54) is 0 Å². The van der Waals surface area contributed by atoms with Gasteiger partial charge in [-0.25, -0.2) is 0 Å². The third kappa shape index (κ3) is 19.8. The monoisotopic (exact) mass is 330 g/mol. The van der Waals surface area contributed by atoms with Crippen molar-refractivity contribution in [1.82, 2.24) is 0 Å². The molecule has 0 bridgehead atoms. The van der Waals surface area contributed by atoms with Gasteiger partial charge in [0, 0.05) is 17.8 Å². The molecule has 131 valence electrons. The third-order valence-corrected chi connectivity index (χ3v) is 3.05. The minimum absolute atomic E-state index is 0.00513. The Bertz CT molecular complexity index is 460. The van der Waals surface area contributed by atoms with Crippen LogP contribution in [0.25, 0.3) is 0 Å². The molecule has 4 heteroatoms. The Morgan fingerprint density at radius 3 is 1.54 bits per heavy atom. The summed E-state index contributed by atoms with van der Waals surface area (Å²) in [6.45, 7) is 0.00513. The predicted molar refractivity (Wildman–Crippen MR) is 100 cm³/mol. The summed E-state index contributed by atoms with van der Waals surface area (Å²) in [5, 5.41) is 10.1. The molecule has 0 fully saturated rings. The minimum atomic E-state index is -0.301. The lowest BCUT2D eigenvalue weighted by Gasteiger charge is -1.87. The zero-order valence-electron chi connectivity index (χ0n) is 14.3. The summed E-state index contributed by atoms with van der Waals surface area (Å²) in [5.74, 6) is 0. The highest BCUT2D eigenvalue weighted by atomic mass is 16.6. The van der Waals surface area contributed by atoms with Gasteiger partial charge in [-0.05, 0) is 38.5 Å². The van der Waals surface area contributed by atoms with Crippen molar-refractivity contribution in [3.8, 4) is 0 Å². The average molecular weight is 330 g/mol. The molecule has 0 atom stereocenters. The number of carbonyl (C=O) groups excluding carboxylic acids is 1. The van der Waals surface area contributed by atoms with E-state index in [4.69, 9.17) is 0 Å². The van der Waals surface area contributed by atoms with Crippen molar-refractivity contribution in [2.45, 2.75) is 51.4 Å². The van der Waals surface area contributed by atoms with E-state index in [9.17, 15) is 14.9 Å². The molecule has 4 nitrogen and oxygen atoms in total. The van der Waals surface area contributed by atoms with Crippen molar-refractivity contribution in [2.24, 2.45) is 0 Å². The normalized spacial score (nSPS) is 12.5. The zero-order valence-corrected chi connectivity index (χ0v) is 14.3. The van der Waals surface area contributed by atoms with Crippen molar-refractivity contribution >= 4 is 6.29 Å². The second-order valence-electron chi connectivity index (χ2n) is 5.18. The van der Waals surface area contributed by atoms with Crippen LogP contribution < -0.4 is 0 Å². The molecular formula is C20H28NO3. The second kappa shape index (κ2) is 18.8. The molecule has 0 aliphatic heterocycles. The van der Waals surface area contributed by atoms with Gasteiger partial charge in [-0.15, -0.1) is 0 Å². The summed E-state index contributed by atoms with van der Waals surface area (Å²) in [4.78, 5) is 19.8. The van der Waals surface area contributed by atoms with Gasteiger partial charge in [0.05, 0.1) is 0 Å². The largest absolute Gasteiger partial charge is 0.291 e. The minimum Gasteiger partial charge on any atom is -0.291 e. The van der Waals surface area contributed by atoms with Crippen molar-refractivity contribution in [2.75, 3.05) is 6.54 Å². The van der Waals surface area contributed by atoms with Gasteiger partial charge in [0.25, 0.3) is 0 Å². The summed E-state index contributed by atoms with van der Waals surface area (Å²) >= 11 is 0. The molecular weight excluding hydrogens is 302 g/mol. The molecule has 0 rings (SSSR count). The average Bonchev–Trinajstić information content (AvgIpc) is 2.56. The highest BCUT2D eigenvalue weighted by Gasteiger charge is 1.89. The molecule has 0 unspecified atom stereocenters. The molecule has 0 aromatic heterocycles. The Labute approximate surface area is 145 Å². The number of nitrogens with zero attached hydrogens (tertiary/aromatic N) is 1. The van der Waals surface area contributed by atoms with Crippen molar-refractivity contribution in [3.63, 3.8) is 0 Å². The Kier molecular flexibility index (Phi) is 17.1. The fourth-order valence-electron chi connectivity index (χ4n) is 1.79. The molecule has 0 amide bonds. The molecule has 0 spiro atoms. The summed E-state index contributed by atoms with van der Waals surface area (Å²) < 4.78 is 0. The Morgan fingerprint density at radius 1 is 0.708 bits per heavy atom. The number of unbranched alkanes of at least 4 members (excludes halogenated alkanes) is 2. The van der Waals surface area contributed by atoms with Crippen LogP contribution in [-0.2, 0) is 4.79 Å². The Balaban J connectivity index is 3.48. The van der Waals surface area contributed by atoms with E-state index in [0.29, 0.717) is 12.8 Å². The fourth-order valence-corrected chi connectivity index (χ4v) is 1.79. The van der Waals surface area contributed by atoms with Gasteiger partial charge in [-0.1, -0.05) is 60.8 Å². The maximum atomic E-state index is 10.1. The Morgan fingerprint density at radius 2 is 1.12 bits per heavy atom. The smallest absolute Gasteiger partial charge is 0.207 e. The topological polar surface area (TPSA) is 60.2 Å². The molecule has 0 aliphatic rings. The molecule has 0 aromatic rings. The van der Waals surface area contributed by atoms with Crippen molar-refractivity contribution in [1.29, 1.82) is 0 Å². The van der Waals surface area contributed by atoms with Gasteiger partial charge in [0.1, 0.15) is 0 Å². The van der Waals surface area contributed by atoms with Crippen LogP contribution >= 0.6 is 0 Å². The van der Waals surface area contributed by atoms with Gasteiger partial charge in [-0.2, -0.15) is 0 Å². The van der Waals surface area contributed by atoms with Crippen LogP contribution in [0.15, 0.2) is 60.8 Å². The van der Waals surface area contributed by atoms with Crippen LogP contribution in [0.5, 0.6) is 0 Å². The summed E-state index contributed by atoms with van der Waals surface area (Å²) in [7, 11) is 0. The van der Waals surface area contributed by atoms with E-state index in [1.54, 1.807) is 0 Å². The summed E-state index contributed by atoms with van der Waals surface area (Å²) in [6.07, 6.45) is 29.1. The molecule has 0 aliphatic carbocycles. The van der Waals surface area contributed by atoms with Crippen LogP contribution in [0, 0.1) is 10.1 Å². The molecule has 0 N–H and O–H groups in total. The number of rotatable bonds is 15. The van der Waals surface area contributed by atoms with Crippen molar-refractivity contribution in [3.05, 3.63) is 70.9 Å². The Hall–Kier alpha value is -2.23. The lowest BCUT2D eigenvalue weighted by molar-refractivity contribution is -0.478. The van der Waals surface area contributed by atoms with Crippen LogP contribution in [0.1, 0.15) is 51.4 Å². The molecule has 24 heavy (non-hydrogen) atoms. The molecule has 0 aromatic carbocycles. The lowest BCUT2D eigenvalue weighted by atomic mass is 10.2. The van der Waals surface area contributed by atoms with E-state index in [2.05, 4.69) is 48.6 Å². The highest BCUT2D eigenvalue weighted by molar-refractivity contribution is 5.50. The van der Waals surface area contributed by atoms with Crippen LogP contribution in [-0.4, -0.2) is 17.8 Å². The van der Waals surface area contributed by atoms with Crippen LogP contribution in [0.2, 0.25) is 0 Å². The quantitative estimate of drug-likeness (QED) is 0.178. The first kappa shape index (κ1) is 21.8. The maximum absolute atomic E-state index is 10.1. The first-order valence-electron chi connectivity index (χ1n) is 8.49. The van der Waals surface area contributed by atoms with E-state index in [1.807, 2.05) is 18.4 Å². The van der Waals surface area contributed by atoms with Gasteiger partial charge >= 0.3 is 0 Å². The number of hydrogen-bond donors (Lipinski definition) is 0. The van der Waals surface area contributed by atoms with Gasteiger partial charge in [0.2, 0.25) is 6.54 Å². The van der Waals surface area contributed by atoms with E-state index in [-0.39, 0.29) is 11.5 Å². The summed E-state index contributed by atoms with van der Waals surface area (Å²) in [5.41, 5.74) is 0. The molecule has 0 saturated heterocycles. The summed E-state index contributed by atoms with van der Waals surface area (Å²) in [6, 6.07) is 0. The van der Waals surface area contributed by atoms with Crippen molar-refractivity contribution < 1.29 is 9.72 Å². The SMILES string of the molecule is O=[C]CCCC=CCC=CCC=CCC=CCC=CCC[N+](=O)[O-]. The molecule has 1 radical (unpaired) electrons. The number of allylic oxidation sites excluding steroid dienone is 9. The van der Waals surface area contributed by atoms with E-state index in [0.717, 1.165) is 38.5 Å². The third-order valence-electron chi connectivity index (χ3n) is 3.05. The fraction of sp³-hybridized carbons (Fsp3) is 0.450. The van der Waals surface area contributed by atoms with Gasteiger partial charge in [0.15, 0.2) is 6.29 Å². The standard InChI is InChI=1S/C20H28NO3/c22-20-18-16-14-12-10-8-6-4-2-1-3-5-7-9-11-13-15-17-19-21(23)24/h1,3-4,6-7,9-10,12-13,15H,2,5,8,11,14,16-19H2. The second-order valence-corrected chi connectivity index (χ2v) is 5.18. The van der Waals surface area contributed by atoms with E-state index < -0.39 is 0 Å².